The predicted octanol–water partition coefficient (Wildman–Crippen LogP) is 1.71. The quantitative estimate of drug-likeness (QED) is 0.607. The standard InChI is InChI=1S/C26H30N4O4/c31-23(14-18-16-27-17-18)28-22-3-1-2-21(15-22)19-4-6-20(7-5-19)24(32)29-10-12-30(13-11-29)25(33)26(34)8-9-26/h1-7,15,18,27,34H,8-14,16-17H2,(H,28,31). The number of aliphatic hydroxyl groups is 1. The van der Waals surface area contributed by atoms with Crippen molar-refractivity contribution in [2.24, 2.45) is 5.92 Å². The summed E-state index contributed by atoms with van der Waals surface area (Å²) in [5.74, 6) is 0.177. The van der Waals surface area contributed by atoms with Gasteiger partial charge in [-0.3, -0.25) is 14.4 Å². The Morgan fingerprint density at radius 1 is 0.941 bits per heavy atom. The fourth-order valence-corrected chi connectivity index (χ4v) is 4.47. The van der Waals surface area contributed by atoms with Crippen molar-refractivity contribution >= 4 is 23.4 Å². The van der Waals surface area contributed by atoms with Gasteiger partial charge in [-0.25, -0.2) is 0 Å². The molecule has 178 valence electrons. The summed E-state index contributed by atoms with van der Waals surface area (Å²) in [6.45, 7) is 3.61. The largest absolute Gasteiger partial charge is 0.380 e. The van der Waals surface area contributed by atoms with Gasteiger partial charge in [-0.1, -0.05) is 24.3 Å². The van der Waals surface area contributed by atoms with Gasteiger partial charge in [-0.15, -0.1) is 0 Å². The number of rotatable bonds is 6. The normalized spacial score (nSPS) is 19.3. The van der Waals surface area contributed by atoms with Crippen LogP contribution in [-0.2, 0) is 9.59 Å². The molecule has 1 aliphatic carbocycles. The van der Waals surface area contributed by atoms with E-state index in [1.807, 2.05) is 48.5 Å². The van der Waals surface area contributed by atoms with Gasteiger partial charge in [-0.05, 0) is 67.2 Å². The third kappa shape index (κ3) is 4.83. The van der Waals surface area contributed by atoms with Crippen LogP contribution in [0.25, 0.3) is 11.1 Å². The zero-order chi connectivity index (χ0) is 23.7. The van der Waals surface area contributed by atoms with Gasteiger partial charge in [0.25, 0.3) is 11.8 Å². The highest BCUT2D eigenvalue weighted by molar-refractivity contribution is 5.95. The third-order valence-corrected chi connectivity index (χ3v) is 6.93. The number of hydrogen-bond acceptors (Lipinski definition) is 5. The van der Waals surface area contributed by atoms with Crippen LogP contribution in [0.4, 0.5) is 5.69 Å². The van der Waals surface area contributed by atoms with E-state index in [0.717, 1.165) is 29.9 Å². The summed E-state index contributed by atoms with van der Waals surface area (Å²) in [7, 11) is 0. The van der Waals surface area contributed by atoms with E-state index in [-0.39, 0.29) is 17.7 Å². The maximum atomic E-state index is 12.9. The van der Waals surface area contributed by atoms with Crippen LogP contribution in [0.3, 0.4) is 0 Å². The molecule has 0 atom stereocenters. The van der Waals surface area contributed by atoms with Gasteiger partial charge in [0.05, 0.1) is 0 Å². The molecule has 1 saturated carbocycles. The minimum Gasteiger partial charge on any atom is -0.380 e. The monoisotopic (exact) mass is 462 g/mol. The number of carbonyl (C=O) groups is 3. The van der Waals surface area contributed by atoms with Crippen molar-refractivity contribution in [1.29, 1.82) is 0 Å². The van der Waals surface area contributed by atoms with Gasteiger partial charge in [0.1, 0.15) is 5.60 Å². The van der Waals surface area contributed by atoms with Crippen molar-refractivity contribution in [3.63, 3.8) is 0 Å². The Morgan fingerprint density at radius 3 is 2.24 bits per heavy atom. The first-order valence-corrected chi connectivity index (χ1v) is 11.9. The van der Waals surface area contributed by atoms with Crippen LogP contribution in [0.1, 0.15) is 29.6 Å². The van der Waals surface area contributed by atoms with Crippen LogP contribution < -0.4 is 10.6 Å². The summed E-state index contributed by atoms with van der Waals surface area (Å²) in [4.78, 5) is 40.9. The molecule has 2 saturated heterocycles. The number of piperazine rings is 1. The third-order valence-electron chi connectivity index (χ3n) is 6.93. The highest BCUT2D eigenvalue weighted by atomic mass is 16.3. The van der Waals surface area contributed by atoms with Crippen molar-refractivity contribution in [3.8, 4) is 11.1 Å². The minimum absolute atomic E-state index is 0.0256. The molecule has 2 aromatic rings. The maximum absolute atomic E-state index is 12.9. The molecular weight excluding hydrogens is 432 g/mol. The van der Waals surface area contributed by atoms with Crippen LogP contribution in [-0.4, -0.2) is 77.5 Å². The summed E-state index contributed by atoms with van der Waals surface area (Å²) in [5, 5.41) is 16.2. The first kappa shape index (κ1) is 22.6. The fraction of sp³-hybridized carbons (Fsp3) is 0.423. The highest BCUT2D eigenvalue weighted by Gasteiger charge is 2.50. The molecule has 2 heterocycles. The van der Waals surface area contributed by atoms with Crippen molar-refractivity contribution in [2.75, 3.05) is 44.6 Å². The topological polar surface area (TPSA) is 102 Å². The average Bonchev–Trinajstić information content (AvgIpc) is 3.59. The van der Waals surface area contributed by atoms with Crippen LogP contribution in [0.15, 0.2) is 48.5 Å². The Bertz CT molecular complexity index is 1080. The Labute approximate surface area is 198 Å². The molecule has 3 amide bonds. The number of carbonyl (C=O) groups excluding carboxylic acids is 3. The fourth-order valence-electron chi connectivity index (χ4n) is 4.47. The molecular formula is C26H30N4O4. The van der Waals surface area contributed by atoms with E-state index in [4.69, 9.17) is 0 Å². The van der Waals surface area contributed by atoms with E-state index in [1.54, 1.807) is 9.80 Å². The molecule has 0 radical (unpaired) electrons. The van der Waals surface area contributed by atoms with E-state index < -0.39 is 5.60 Å². The molecule has 2 aliphatic heterocycles. The van der Waals surface area contributed by atoms with Crippen molar-refractivity contribution < 1.29 is 19.5 Å². The molecule has 0 spiro atoms. The lowest BCUT2D eigenvalue weighted by Crippen LogP contribution is -2.53. The summed E-state index contributed by atoms with van der Waals surface area (Å²) in [6.07, 6.45) is 1.59. The first-order valence-electron chi connectivity index (χ1n) is 11.9. The molecule has 2 aromatic carbocycles. The summed E-state index contributed by atoms with van der Waals surface area (Å²) >= 11 is 0. The van der Waals surface area contributed by atoms with E-state index >= 15 is 0 Å². The van der Waals surface area contributed by atoms with Crippen molar-refractivity contribution in [1.82, 2.24) is 15.1 Å². The SMILES string of the molecule is O=C(CC1CNC1)Nc1cccc(-c2ccc(C(=O)N3CCN(C(=O)C4(O)CC4)CC3)cc2)c1. The smallest absolute Gasteiger partial charge is 0.254 e. The van der Waals surface area contributed by atoms with Gasteiger partial charge in [0, 0.05) is 43.9 Å². The predicted molar refractivity (Wildman–Crippen MR) is 128 cm³/mol. The molecule has 8 heteroatoms. The molecule has 3 N–H and O–H groups in total. The second-order valence-electron chi connectivity index (χ2n) is 9.55. The van der Waals surface area contributed by atoms with Crippen molar-refractivity contribution in [3.05, 3.63) is 54.1 Å². The van der Waals surface area contributed by atoms with Crippen LogP contribution in [0, 0.1) is 5.92 Å². The number of nitrogens with one attached hydrogen (secondary N) is 2. The van der Waals surface area contributed by atoms with Crippen molar-refractivity contribution in [2.45, 2.75) is 24.9 Å². The average molecular weight is 463 g/mol. The number of nitrogens with zero attached hydrogens (tertiary/aromatic N) is 2. The van der Waals surface area contributed by atoms with E-state index in [9.17, 15) is 19.5 Å². The van der Waals surface area contributed by atoms with Gasteiger partial charge >= 0.3 is 0 Å². The minimum atomic E-state index is -1.16. The number of amides is 3. The Kier molecular flexibility index (Phi) is 6.10. The molecule has 3 fully saturated rings. The van der Waals surface area contributed by atoms with Gasteiger partial charge in [0.15, 0.2) is 0 Å². The molecule has 5 rings (SSSR count). The highest BCUT2D eigenvalue weighted by Crippen LogP contribution is 2.37. The van der Waals surface area contributed by atoms with Gasteiger partial charge in [0.2, 0.25) is 5.91 Å². The Balaban J connectivity index is 1.18. The van der Waals surface area contributed by atoms with E-state index in [0.29, 0.717) is 56.9 Å². The van der Waals surface area contributed by atoms with Gasteiger partial charge < -0.3 is 25.5 Å². The van der Waals surface area contributed by atoms with Gasteiger partial charge in [-0.2, -0.15) is 0 Å². The summed E-state index contributed by atoms with van der Waals surface area (Å²) in [5.41, 5.74) is 2.13. The lowest BCUT2D eigenvalue weighted by molar-refractivity contribution is -0.143. The number of benzene rings is 2. The lowest BCUT2D eigenvalue weighted by atomic mass is 9.99. The lowest BCUT2D eigenvalue weighted by Gasteiger charge is -2.35. The molecule has 34 heavy (non-hydrogen) atoms. The number of anilines is 1. The zero-order valence-electron chi connectivity index (χ0n) is 19.1. The zero-order valence-corrected chi connectivity index (χ0v) is 19.1. The Morgan fingerprint density at radius 2 is 1.62 bits per heavy atom. The van der Waals surface area contributed by atoms with Crippen LogP contribution in [0.2, 0.25) is 0 Å². The molecule has 3 aliphatic rings. The molecule has 0 bridgehead atoms. The molecule has 0 aromatic heterocycles. The maximum Gasteiger partial charge on any atom is 0.254 e. The van der Waals surface area contributed by atoms with E-state index in [1.165, 1.54) is 0 Å². The summed E-state index contributed by atoms with van der Waals surface area (Å²) in [6, 6.07) is 15.2. The Hall–Kier alpha value is -3.23. The van der Waals surface area contributed by atoms with Crippen LogP contribution in [0.5, 0.6) is 0 Å². The first-order chi connectivity index (χ1) is 16.4. The van der Waals surface area contributed by atoms with E-state index in [2.05, 4.69) is 10.6 Å². The second kappa shape index (κ2) is 9.19. The molecule has 0 unspecified atom stereocenters. The van der Waals surface area contributed by atoms with Crippen LogP contribution >= 0.6 is 0 Å². The summed E-state index contributed by atoms with van der Waals surface area (Å²) < 4.78 is 0. The number of hydrogen-bond donors (Lipinski definition) is 3. The second-order valence-corrected chi connectivity index (χ2v) is 9.55. The molecule has 8 nitrogen and oxygen atoms in total.